The van der Waals surface area contributed by atoms with Gasteiger partial charge in [0.2, 0.25) is 5.91 Å². The summed E-state index contributed by atoms with van der Waals surface area (Å²) in [4.78, 5) is 16.4. The molecule has 0 spiro atoms. The summed E-state index contributed by atoms with van der Waals surface area (Å²) in [5.74, 6) is 0.328. The molecule has 2 aromatic carbocycles. The third kappa shape index (κ3) is 3.80. The first-order valence-corrected chi connectivity index (χ1v) is 8.89. The quantitative estimate of drug-likeness (QED) is 0.697. The Kier molecular flexibility index (Phi) is 4.97. The summed E-state index contributed by atoms with van der Waals surface area (Å²) in [6.45, 7) is 0.443. The zero-order valence-corrected chi connectivity index (χ0v) is 14.0. The van der Waals surface area contributed by atoms with Gasteiger partial charge in [-0.25, -0.2) is 4.98 Å². The van der Waals surface area contributed by atoms with Crippen LogP contribution in [0.25, 0.3) is 10.2 Å². The van der Waals surface area contributed by atoms with E-state index in [9.17, 15) is 4.79 Å². The normalized spacial score (nSPS) is 10.8. The van der Waals surface area contributed by atoms with E-state index in [2.05, 4.69) is 10.3 Å². The van der Waals surface area contributed by atoms with E-state index < -0.39 is 0 Å². The van der Waals surface area contributed by atoms with Gasteiger partial charge in [0, 0.05) is 11.6 Å². The summed E-state index contributed by atoms with van der Waals surface area (Å²) in [5.41, 5.74) is 1.90. The number of hydrogen-bond acceptors (Lipinski definition) is 4. The molecule has 0 saturated heterocycles. The maximum absolute atomic E-state index is 11.9. The van der Waals surface area contributed by atoms with Crippen LogP contribution in [0.15, 0.2) is 52.9 Å². The fraction of sp³-hybridized carbons (Fsp3) is 0.125. The highest BCUT2D eigenvalue weighted by atomic mass is 35.5. The average Bonchev–Trinajstić information content (AvgIpc) is 2.95. The van der Waals surface area contributed by atoms with Crippen LogP contribution in [0.1, 0.15) is 5.56 Å². The molecular weight excluding hydrogens is 336 g/mol. The Bertz CT molecular complexity index is 770. The molecular formula is C16H13ClN2OS2. The summed E-state index contributed by atoms with van der Waals surface area (Å²) in [5, 5.41) is 3.54. The Morgan fingerprint density at radius 1 is 1.18 bits per heavy atom. The van der Waals surface area contributed by atoms with Crippen LogP contribution in [0, 0.1) is 0 Å². The second-order valence-corrected chi connectivity index (χ2v) is 7.26. The number of carbonyl (C=O) groups is 1. The predicted molar refractivity (Wildman–Crippen MR) is 93.6 cm³/mol. The van der Waals surface area contributed by atoms with E-state index in [-0.39, 0.29) is 5.91 Å². The lowest BCUT2D eigenvalue weighted by Gasteiger charge is -2.06. The highest BCUT2D eigenvalue weighted by Crippen LogP contribution is 2.29. The number of amides is 1. The van der Waals surface area contributed by atoms with Gasteiger partial charge in [-0.1, -0.05) is 53.7 Å². The van der Waals surface area contributed by atoms with E-state index in [0.29, 0.717) is 17.3 Å². The van der Waals surface area contributed by atoms with Gasteiger partial charge < -0.3 is 5.32 Å². The Balaban J connectivity index is 1.53. The topological polar surface area (TPSA) is 42.0 Å². The fourth-order valence-electron chi connectivity index (χ4n) is 1.93. The van der Waals surface area contributed by atoms with Crippen molar-refractivity contribution >= 4 is 50.8 Å². The zero-order valence-electron chi connectivity index (χ0n) is 11.6. The maximum atomic E-state index is 11.9. The van der Waals surface area contributed by atoms with Crippen molar-refractivity contribution < 1.29 is 4.79 Å². The minimum absolute atomic E-state index is 0.0239. The SMILES string of the molecule is O=C(CSc1nc2ccccc2s1)NCc1ccccc1Cl. The van der Waals surface area contributed by atoms with Gasteiger partial charge in [-0.15, -0.1) is 11.3 Å². The molecule has 0 bridgehead atoms. The fourth-order valence-corrected chi connectivity index (χ4v) is 4.03. The van der Waals surface area contributed by atoms with Crippen molar-refractivity contribution in [3.05, 3.63) is 59.1 Å². The lowest BCUT2D eigenvalue weighted by atomic mass is 10.2. The number of carbonyl (C=O) groups excluding carboxylic acids is 1. The highest BCUT2D eigenvalue weighted by Gasteiger charge is 2.08. The molecule has 112 valence electrons. The van der Waals surface area contributed by atoms with Crippen LogP contribution in [0.2, 0.25) is 5.02 Å². The standard InChI is InChI=1S/C16H13ClN2OS2/c17-12-6-2-1-5-11(12)9-18-15(20)10-21-16-19-13-7-3-4-8-14(13)22-16/h1-8H,9-10H2,(H,18,20). The number of hydrogen-bond donors (Lipinski definition) is 1. The van der Waals surface area contributed by atoms with Crippen molar-refractivity contribution in [1.82, 2.24) is 10.3 Å². The van der Waals surface area contributed by atoms with E-state index in [1.54, 1.807) is 11.3 Å². The number of nitrogens with one attached hydrogen (secondary N) is 1. The van der Waals surface area contributed by atoms with Gasteiger partial charge in [-0.05, 0) is 23.8 Å². The molecule has 0 radical (unpaired) electrons. The molecule has 1 amide bonds. The monoisotopic (exact) mass is 348 g/mol. The highest BCUT2D eigenvalue weighted by molar-refractivity contribution is 8.01. The molecule has 3 rings (SSSR count). The molecule has 1 N–H and O–H groups in total. The maximum Gasteiger partial charge on any atom is 0.230 e. The van der Waals surface area contributed by atoms with E-state index in [4.69, 9.17) is 11.6 Å². The molecule has 0 aliphatic carbocycles. The molecule has 22 heavy (non-hydrogen) atoms. The molecule has 0 unspecified atom stereocenters. The average molecular weight is 349 g/mol. The lowest BCUT2D eigenvalue weighted by Crippen LogP contribution is -2.24. The summed E-state index contributed by atoms with van der Waals surface area (Å²) in [6.07, 6.45) is 0. The Morgan fingerprint density at radius 3 is 2.77 bits per heavy atom. The first kappa shape index (κ1) is 15.3. The number of para-hydroxylation sites is 1. The lowest BCUT2D eigenvalue weighted by molar-refractivity contribution is -0.118. The van der Waals surface area contributed by atoms with Gasteiger partial charge in [-0.3, -0.25) is 4.79 Å². The number of rotatable bonds is 5. The number of nitrogens with zero attached hydrogens (tertiary/aromatic N) is 1. The van der Waals surface area contributed by atoms with E-state index >= 15 is 0 Å². The number of aromatic nitrogens is 1. The first-order valence-electron chi connectivity index (χ1n) is 6.71. The zero-order chi connectivity index (χ0) is 15.4. The van der Waals surface area contributed by atoms with Crippen molar-refractivity contribution in [1.29, 1.82) is 0 Å². The van der Waals surface area contributed by atoms with Gasteiger partial charge >= 0.3 is 0 Å². The molecule has 0 saturated carbocycles. The number of benzene rings is 2. The predicted octanol–water partition coefficient (Wildman–Crippen LogP) is 4.36. The van der Waals surface area contributed by atoms with Gasteiger partial charge in [0.1, 0.15) is 0 Å². The molecule has 6 heteroatoms. The Morgan fingerprint density at radius 2 is 1.95 bits per heavy atom. The second-order valence-electron chi connectivity index (χ2n) is 4.60. The van der Waals surface area contributed by atoms with Crippen LogP contribution in [0.3, 0.4) is 0 Å². The molecule has 1 heterocycles. The molecule has 3 aromatic rings. The smallest absolute Gasteiger partial charge is 0.230 e. The van der Waals surface area contributed by atoms with E-state index in [0.717, 1.165) is 20.1 Å². The Hall–Kier alpha value is -1.56. The first-order chi connectivity index (χ1) is 10.7. The largest absolute Gasteiger partial charge is 0.351 e. The number of thioether (sulfide) groups is 1. The van der Waals surface area contributed by atoms with Crippen LogP contribution < -0.4 is 5.32 Å². The number of halogens is 1. The molecule has 0 fully saturated rings. The number of thiazole rings is 1. The van der Waals surface area contributed by atoms with Crippen LogP contribution in [0.4, 0.5) is 0 Å². The second kappa shape index (κ2) is 7.13. The summed E-state index contributed by atoms with van der Waals surface area (Å²) in [6, 6.07) is 15.5. The van der Waals surface area contributed by atoms with Crippen molar-refractivity contribution in [2.45, 2.75) is 10.9 Å². The van der Waals surface area contributed by atoms with E-state index in [1.807, 2.05) is 48.5 Å². The molecule has 3 nitrogen and oxygen atoms in total. The third-order valence-corrected chi connectivity index (χ3v) is 5.58. The van der Waals surface area contributed by atoms with Crippen LogP contribution in [-0.4, -0.2) is 16.6 Å². The third-order valence-electron chi connectivity index (χ3n) is 3.03. The van der Waals surface area contributed by atoms with Crippen LogP contribution in [0.5, 0.6) is 0 Å². The van der Waals surface area contributed by atoms with Gasteiger partial charge in [0.15, 0.2) is 4.34 Å². The van der Waals surface area contributed by atoms with Crippen molar-refractivity contribution in [3.8, 4) is 0 Å². The molecule has 1 aromatic heterocycles. The van der Waals surface area contributed by atoms with Gasteiger partial charge in [-0.2, -0.15) is 0 Å². The minimum atomic E-state index is -0.0239. The summed E-state index contributed by atoms with van der Waals surface area (Å²) in [7, 11) is 0. The summed E-state index contributed by atoms with van der Waals surface area (Å²) < 4.78 is 2.05. The van der Waals surface area contributed by atoms with E-state index in [1.165, 1.54) is 11.8 Å². The van der Waals surface area contributed by atoms with Crippen molar-refractivity contribution in [2.75, 3.05) is 5.75 Å². The van der Waals surface area contributed by atoms with Crippen LogP contribution in [-0.2, 0) is 11.3 Å². The molecule has 0 atom stereocenters. The van der Waals surface area contributed by atoms with Crippen LogP contribution >= 0.6 is 34.7 Å². The minimum Gasteiger partial charge on any atom is -0.351 e. The Labute approximate surface area is 141 Å². The van der Waals surface area contributed by atoms with Gasteiger partial charge in [0.05, 0.1) is 16.0 Å². The molecule has 0 aliphatic rings. The van der Waals surface area contributed by atoms with Crippen molar-refractivity contribution in [2.24, 2.45) is 0 Å². The summed E-state index contributed by atoms with van der Waals surface area (Å²) >= 11 is 9.12. The van der Waals surface area contributed by atoms with Gasteiger partial charge in [0.25, 0.3) is 0 Å². The molecule has 0 aliphatic heterocycles. The van der Waals surface area contributed by atoms with Crippen molar-refractivity contribution in [3.63, 3.8) is 0 Å². The number of fused-ring (bicyclic) bond motifs is 1.